The van der Waals surface area contributed by atoms with Gasteiger partial charge in [0.25, 0.3) is 0 Å². The number of rotatable bonds is 1. The fourth-order valence-corrected chi connectivity index (χ4v) is 3.14. The summed E-state index contributed by atoms with van der Waals surface area (Å²) in [6.45, 7) is 8.21. The maximum atomic E-state index is 9.14. The fraction of sp³-hybridized carbons (Fsp3) is 0.909. The molecule has 0 unspecified atom stereocenters. The normalized spacial score (nSPS) is 28.3. The van der Waals surface area contributed by atoms with E-state index in [1.807, 2.05) is 5.06 Å². The summed E-state index contributed by atoms with van der Waals surface area (Å²) in [5.41, 5.74) is 4.89. The predicted octanol–water partition coefficient (Wildman–Crippen LogP) is 1.42. The second-order valence-electron chi connectivity index (χ2n) is 5.72. The third-order valence-corrected chi connectivity index (χ3v) is 3.00. The lowest BCUT2D eigenvalue weighted by atomic mass is 9.71. The van der Waals surface area contributed by atoms with Gasteiger partial charge in [-0.25, -0.2) is 0 Å². The van der Waals surface area contributed by atoms with E-state index in [0.717, 1.165) is 0 Å². The molecule has 0 spiro atoms. The smallest absolute Gasteiger partial charge is 0.107 e. The molecule has 0 aliphatic carbocycles. The minimum Gasteiger partial charge on any atom is -0.313 e. The van der Waals surface area contributed by atoms with Crippen molar-refractivity contribution in [1.82, 2.24) is 5.06 Å². The van der Waals surface area contributed by atoms with Crippen LogP contribution in [-0.2, 0) is 4.84 Å². The van der Waals surface area contributed by atoms with Gasteiger partial charge in [0, 0.05) is 11.1 Å². The lowest BCUT2D eigenvalue weighted by Crippen LogP contribution is -2.66. The largest absolute Gasteiger partial charge is 0.313 e. The van der Waals surface area contributed by atoms with Gasteiger partial charge in [0.2, 0.25) is 0 Å². The summed E-state index contributed by atoms with van der Waals surface area (Å²) in [5, 5.41) is 11.1. The van der Waals surface area contributed by atoms with Gasteiger partial charge in [-0.3, -0.25) is 0 Å². The van der Waals surface area contributed by atoms with Crippen molar-refractivity contribution in [2.45, 2.75) is 57.2 Å². The zero-order valence-electron chi connectivity index (χ0n) is 10.3. The molecule has 4 nitrogen and oxygen atoms in total. The number of nitriles is 1. The Morgan fingerprint density at radius 1 is 1.20 bits per heavy atom. The Bertz CT molecular complexity index is 273. The number of hydroxylamine groups is 2. The Kier molecular flexibility index (Phi) is 2.86. The molecular formula is C11H21N3O. The van der Waals surface area contributed by atoms with Gasteiger partial charge < -0.3 is 10.6 Å². The van der Waals surface area contributed by atoms with Crippen LogP contribution in [0.3, 0.4) is 0 Å². The van der Waals surface area contributed by atoms with E-state index in [1.54, 1.807) is 7.11 Å². The molecule has 0 radical (unpaired) electrons. The van der Waals surface area contributed by atoms with Crippen molar-refractivity contribution in [1.29, 1.82) is 5.26 Å². The topological polar surface area (TPSA) is 62.3 Å². The van der Waals surface area contributed by atoms with Gasteiger partial charge in [-0.1, -0.05) is 0 Å². The van der Waals surface area contributed by atoms with Crippen LogP contribution in [0, 0.1) is 11.3 Å². The van der Waals surface area contributed by atoms with E-state index in [1.165, 1.54) is 0 Å². The molecule has 1 heterocycles. The molecule has 15 heavy (non-hydrogen) atoms. The van der Waals surface area contributed by atoms with Crippen molar-refractivity contribution in [3.05, 3.63) is 0 Å². The van der Waals surface area contributed by atoms with Crippen LogP contribution in [-0.4, -0.2) is 28.8 Å². The fourth-order valence-electron chi connectivity index (χ4n) is 3.14. The highest BCUT2D eigenvalue weighted by atomic mass is 16.7. The number of hydrogen-bond acceptors (Lipinski definition) is 4. The molecule has 0 saturated carbocycles. The van der Waals surface area contributed by atoms with Crippen LogP contribution < -0.4 is 5.73 Å². The van der Waals surface area contributed by atoms with Gasteiger partial charge >= 0.3 is 0 Å². The Balaban J connectivity index is 3.08. The van der Waals surface area contributed by atoms with Gasteiger partial charge in [0.05, 0.1) is 13.2 Å². The number of hydrogen-bond donors (Lipinski definition) is 1. The molecule has 1 fully saturated rings. The standard InChI is InChI=1S/C11H21N3O/c1-9(2)6-11(13,8-12)7-10(3,4)14(9)15-5/h6-7,13H2,1-5H3. The summed E-state index contributed by atoms with van der Waals surface area (Å²) in [6.07, 6.45) is 1.24. The summed E-state index contributed by atoms with van der Waals surface area (Å²) in [5.74, 6) is 0. The maximum Gasteiger partial charge on any atom is 0.107 e. The minimum atomic E-state index is -0.748. The molecule has 1 rings (SSSR count). The van der Waals surface area contributed by atoms with Crippen LogP contribution in [0.4, 0.5) is 0 Å². The molecule has 0 aromatic rings. The van der Waals surface area contributed by atoms with E-state index in [4.69, 9.17) is 15.8 Å². The Hall–Kier alpha value is -0.630. The first-order valence-electron chi connectivity index (χ1n) is 5.21. The van der Waals surface area contributed by atoms with E-state index in [0.29, 0.717) is 12.8 Å². The second-order valence-corrected chi connectivity index (χ2v) is 5.72. The van der Waals surface area contributed by atoms with Crippen LogP contribution in [0.15, 0.2) is 0 Å². The van der Waals surface area contributed by atoms with Crippen molar-refractivity contribution < 1.29 is 4.84 Å². The van der Waals surface area contributed by atoms with Gasteiger partial charge in [-0.15, -0.1) is 0 Å². The van der Waals surface area contributed by atoms with E-state index in [-0.39, 0.29) is 11.1 Å². The van der Waals surface area contributed by atoms with Crippen LogP contribution >= 0.6 is 0 Å². The Morgan fingerprint density at radius 2 is 1.60 bits per heavy atom. The van der Waals surface area contributed by atoms with E-state index < -0.39 is 5.54 Å². The van der Waals surface area contributed by atoms with Gasteiger partial charge in [0.1, 0.15) is 5.54 Å². The average molecular weight is 211 g/mol. The zero-order valence-corrected chi connectivity index (χ0v) is 10.3. The van der Waals surface area contributed by atoms with Crippen molar-refractivity contribution in [3.8, 4) is 6.07 Å². The van der Waals surface area contributed by atoms with Crippen LogP contribution in [0.25, 0.3) is 0 Å². The molecule has 2 N–H and O–H groups in total. The Labute approximate surface area is 91.9 Å². The molecule has 86 valence electrons. The van der Waals surface area contributed by atoms with Crippen molar-refractivity contribution in [3.63, 3.8) is 0 Å². The number of piperidine rings is 1. The van der Waals surface area contributed by atoms with Crippen molar-refractivity contribution in [2.24, 2.45) is 5.73 Å². The number of nitrogens with zero attached hydrogens (tertiary/aromatic N) is 2. The second kappa shape index (κ2) is 3.44. The zero-order chi connectivity index (χ0) is 11.9. The molecule has 0 amide bonds. The van der Waals surface area contributed by atoms with E-state index in [2.05, 4.69) is 33.8 Å². The summed E-state index contributed by atoms with van der Waals surface area (Å²) in [4.78, 5) is 5.43. The molecule has 1 aliphatic rings. The first-order chi connectivity index (χ1) is 6.67. The quantitative estimate of drug-likeness (QED) is 0.712. The molecule has 0 aromatic carbocycles. The van der Waals surface area contributed by atoms with Crippen LogP contribution in [0.1, 0.15) is 40.5 Å². The monoisotopic (exact) mass is 211 g/mol. The molecule has 1 aliphatic heterocycles. The SMILES string of the molecule is CON1C(C)(C)CC(N)(C#N)CC1(C)C. The summed E-state index contributed by atoms with van der Waals surface area (Å²) >= 11 is 0. The first-order valence-corrected chi connectivity index (χ1v) is 5.21. The van der Waals surface area contributed by atoms with Crippen molar-refractivity contribution in [2.75, 3.05) is 7.11 Å². The van der Waals surface area contributed by atoms with Gasteiger partial charge in [-0.05, 0) is 40.5 Å². The highest BCUT2D eigenvalue weighted by Gasteiger charge is 2.51. The van der Waals surface area contributed by atoms with Crippen LogP contribution in [0.5, 0.6) is 0 Å². The van der Waals surface area contributed by atoms with E-state index in [9.17, 15) is 0 Å². The Morgan fingerprint density at radius 3 is 1.87 bits per heavy atom. The molecule has 0 aromatic heterocycles. The maximum absolute atomic E-state index is 9.14. The molecular weight excluding hydrogens is 190 g/mol. The first kappa shape index (κ1) is 12.4. The highest BCUT2D eigenvalue weighted by molar-refractivity contribution is 5.16. The van der Waals surface area contributed by atoms with Crippen molar-refractivity contribution >= 4 is 0 Å². The summed E-state index contributed by atoms with van der Waals surface area (Å²) in [7, 11) is 1.67. The molecule has 1 saturated heterocycles. The number of nitrogens with two attached hydrogens (primary N) is 1. The summed E-state index contributed by atoms with van der Waals surface area (Å²) in [6, 6.07) is 2.23. The predicted molar refractivity (Wildman–Crippen MR) is 58.8 cm³/mol. The van der Waals surface area contributed by atoms with E-state index >= 15 is 0 Å². The third-order valence-electron chi connectivity index (χ3n) is 3.00. The minimum absolute atomic E-state index is 0.221. The van der Waals surface area contributed by atoms with Crippen LogP contribution in [0.2, 0.25) is 0 Å². The lowest BCUT2D eigenvalue weighted by molar-refractivity contribution is -0.270. The van der Waals surface area contributed by atoms with Gasteiger partial charge in [-0.2, -0.15) is 10.3 Å². The summed E-state index contributed by atoms with van der Waals surface area (Å²) < 4.78 is 0. The average Bonchev–Trinajstić information content (AvgIpc) is 1.99. The third kappa shape index (κ3) is 2.15. The molecule has 0 bridgehead atoms. The molecule has 0 atom stereocenters. The van der Waals surface area contributed by atoms with Gasteiger partial charge in [0.15, 0.2) is 0 Å². The highest BCUT2D eigenvalue weighted by Crippen LogP contribution is 2.41. The lowest BCUT2D eigenvalue weighted by Gasteiger charge is -2.54. The molecule has 4 heteroatoms.